The number of nitrogens with one attached hydrogen (secondary N) is 1. The van der Waals surface area contributed by atoms with Crippen molar-refractivity contribution in [3.8, 4) is 17.0 Å². The molecule has 0 atom stereocenters. The number of hydrazone groups is 1. The molecule has 188 valence electrons. The normalized spacial score (nSPS) is 11.1. The third kappa shape index (κ3) is 6.16. The molecule has 0 aliphatic carbocycles. The number of hydrogen-bond acceptors (Lipinski definition) is 4. The first kappa shape index (κ1) is 26.6. The molecule has 8 heteroatoms. The van der Waals surface area contributed by atoms with E-state index in [0.29, 0.717) is 22.9 Å². The molecule has 1 aromatic heterocycles. The second kappa shape index (κ2) is 12.2. The Morgan fingerprint density at radius 3 is 2.50 bits per heavy atom. The SMILES string of the molecule is O=C(N/N=C\c1cc(I)cc(I)c1OCc1ccccc1Cl)c1cc(-c2ccccc2)nc2ccccc12. The van der Waals surface area contributed by atoms with Crippen LogP contribution >= 0.6 is 56.8 Å². The van der Waals surface area contributed by atoms with E-state index in [4.69, 9.17) is 21.3 Å². The van der Waals surface area contributed by atoms with E-state index in [9.17, 15) is 4.79 Å². The Bertz CT molecular complexity index is 1660. The minimum atomic E-state index is -0.323. The van der Waals surface area contributed by atoms with Gasteiger partial charge >= 0.3 is 0 Å². The molecule has 38 heavy (non-hydrogen) atoms. The molecule has 1 amide bonds. The molecule has 0 fully saturated rings. The van der Waals surface area contributed by atoms with Crippen molar-refractivity contribution in [3.63, 3.8) is 0 Å². The first-order valence-corrected chi connectivity index (χ1v) is 14.2. The summed E-state index contributed by atoms with van der Waals surface area (Å²) in [6.45, 7) is 0.314. The quantitative estimate of drug-likeness (QED) is 0.104. The number of ether oxygens (including phenoxy) is 1. The van der Waals surface area contributed by atoms with Crippen molar-refractivity contribution in [3.05, 3.63) is 126 Å². The molecule has 5 nitrogen and oxygen atoms in total. The molecule has 0 bridgehead atoms. The third-order valence-electron chi connectivity index (χ3n) is 5.77. The highest BCUT2D eigenvalue weighted by Crippen LogP contribution is 2.29. The minimum absolute atomic E-state index is 0.314. The Morgan fingerprint density at radius 1 is 0.947 bits per heavy atom. The van der Waals surface area contributed by atoms with Gasteiger partial charge in [0, 0.05) is 30.7 Å². The average molecular weight is 744 g/mol. The summed E-state index contributed by atoms with van der Waals surface area (Å²) in [7, 11) is 0. The van der Waals surface area contributed by atoms with Crippen LogP contribution < -0.4 is 10.2 Å². The van der Waals surface area contributed by atoms with Crippen molar-refractivity contribution in [1.29, 1.82) is 0 Å². The molecule has 0 unspecified atom stereocenters. The molecule has 1 heterocycles. The summed E-state index contributed by atoms with van der Waals surface area (Å²) in [6.07, 6.45) is 1.60. The van der Waals surface area contributed by atoms with Crippen LogP contribution in [0.1, 0.15) is 21.5 Å². The molecule has 4 aromatic carbocycles. The number of carbonyl (C=O) groups is 1. The number of benzene rings is 4. The zero-order valence-electron chi connectivity index (χ0n) is 19.9. The number of rotatable bonds is 7. The van der Waals surface area contributed by atoms with Gasteiger partial charge < -0.3 is 4.74 Å². The average Bonchev–Trinajstić information content (AvgIpc) is 2.93. The number of aromatic nitrogens is 1. The predicted molar refractivity (Wildman–Crippen MR) is 170 cm³/mol. The maximum Gasteiger partial charge on any atom is 0.272 e. The van der Waals surface area contributed by atoms with E-state index in [-0.39, 0.29) is 5.91 Å². The van der Waals surface area contributed by atoms with Gasteiger partial charge in [0.25, 0.3) is 5.91 Å². The Balaban J connectivity index is 1.41. The van der Waals surface area contributed by atoms with Gasteiger partial charge in [-0.1, -0.05) is 78.3 Å². The van der Waals surface area contributed by atoms with Crippen LogP contribution in [0.2, 0.25) is 5.02 Å². The van der Waals surface area contributed by atoms with E-state index in [2.05, 4.69) is 55.7 Å². The monoisotopic (exact) mass is 743 g/mol. The lowest BCUT2D eigenvalue weighted by molar-refractivity contribution is 0.0956. The lowest BCUT2D eigenvalue weighted by Crippen LogP contribution is -2.18. The smallest absolute Gasteiger partial charge is 0.272 e. The fraction of sp³-hybridized carbons (Fsp3) is 0.0333. The Labute approximate surface area is 252 Å². The van der Waals surface area contributed by atoms with Crippen molar-refractivity contribution in [2.75, 3.05) is 0 Å². The number of hydrogen-bond donors (Lipinski definition) is 1. The van der Waals surface area contributed by atoms with E-state index >= 15 is 0 Å². The summed E-state index contributed by atoms with van der Waals surface area (Å²) >= 11 is 10.8. The van der Waals surface area contributed by atoms with E-state index in [0.717, 1.165) is 40.4 Å². The largest absolute Gasteiger partial charge is 0.487 e. The number of fused-ring (bicyclic) bond motifs is 1. The van der Waals surface area contributed by atoms with Crippen LogP contribution in [0.5, 0.6) is 5.75 Å². The summed E-state index contributed by atoms with van der Waals surface area (Å²) in [5, 5.41) is 5.69. The zero-order chi connectivity index (χ0) is 26.5. The number of amides is 1. The highest BCUT2D eigenvalue weighted by atomic mass is 127. The van der Waals surface area contributed by atoms with Crippen LogP contribution in [0, 0.1) is 7.14 Å². The second-order valence-electron chi connectivity index (χ2n) is 8.32. The third-order valence-corrected chi connectivity index (χ3v) is 7.56. The van der Waals surface area contributed by atoms with Gasteiger partial charge in [-0.2, -0.15) is 5.10 Å². The minimum Gasteiger partial charge on any atom is -0.487 e. The van der Waals surface area contributed by atoms with E-state index in [1.54, 1.807) is 12.3 Å². The fourth-order valence-electron chi connectivity index (χ4n) is 3.93. The topological polar surface area (TPSA) is 63.6 Å². The van der Waals surface area contributed by atoms with Gasteiger partial charge in [0.2, 0.25) is 0 Å². The molecule has 0 aliphatic rings. The first-order chi connectivity index (χ1) is 18.5. The van der Waals surface area contributed by atoms with Gasteiger partial charge in [-0.15, -0.1) is 0 Å². The molecular formula is C30H20ClI2N3O2. The molecule has 0 aliphatic heterocycles. The lowest BCUT2D eigenvalue weighted by Gasteiger charge is -2.13. The zero-order valence-corrected chi connectivity index (χ0v) is 24.9. The van der Waals surface area contributed by atoms with Crippen LogP contribution in [0.4, 0.5) is 0 Å². The molecule has 0 saturated heterocycles. The number of nitrogens with zero attached hydrogens (tertiary/aromatic N) is 2. The number of para-hydroxylation sites is 1. The predicted octanol–water partition coefficient (Wildman–Crippen LogP) is 8.11. The van der Waals surface area contributed by atoms with Crippen molar-refractivity contribution in [1.82, 2.24) is 10.4 Å². The summed E-state index contributed by atoms with van der Waals surface area (Å²) in [6, 6.07) is 30.7. The Kier molecular flexibility index (Phi) is 8.55. The molecule has 5 aromatic rings. The van der Waals surface area contributed by atoms with E-state index < -0.39 is 0 Å². The van der Waals surface area contributed by atoms with Crippen molar-refractivity contribution >= 4 is 79.8 Å². The van der Waals surface area contributed by atoms with Gasteiger partial charge in [0.05, 0.1) is 26.6 Å². The van der Waals surface area contributed by atoms with E-state index in [1.165, 1.54) is 0 Å². The Morgan fingerprint density at radius 2 is 1.68 bits per heavy atom. The summed E-state index contributed by atoms with van der Waals surface area (Å²) in [4.78, 5) is 18.1. The highest BCUT2D eigenvalue weighted by Gasteiger charge is 2.14. The Hall–Kier alpha value is -3.02. The number of pyridine rings is 1. The molecule has 1 N–H and O–H groups in total. The summed E-state index contributed by atoms with van der Waals surface area (Å²) in [5.74, 6) is 0.348. The van der Waals surface area contributed by atoms with Crippen molar-refractivity contribution < 1.29 is 9.53 Å². The fourth-order valence-corrected chi connectivity index (χ4v) is 6.17. The molecule has 0 radical (unpaired) electrons. The number of carbonyl (C=O) groups excluding carboxylic acids is 1. The van der Waals surface area contributed by atoms with Crippen LogP contribution in [-0.4, -0.2) is 17.1 Å². The first-order valence-electron chi connectivity index (χ1n) is 11.6. The summed E-state index contributed by atoms with van der Waals surface area (Å²) in [5.41, 5.74) is 7.22. The molecule has 5 rings (SSSR count). The van der Waals surface area contributed by atoms with Crippen LogP contribution in [-0.2, 0) is 6.61 Å². The van der Waals surface area contributed by atoms with Gasteiger partial charge in [-0.05, 0) is 75.5 Å². The maximum absolute atomic E-state index is 13.3. The lowest BCUT2D eigenvalue weighted by atomic mass is 10.0. The van der Waals surface area contributed by atoms with Gasteiger partial charge in [0.1, 0.15) is 12.4 Å². The van der Waals surface area contributed by atoms with E-state index in [1.807, 2.05) is 91.0 Å². The van der Waals surface area contributed by atoms with Crippen LogP contribution in [0.3, 0.4) is 0 Å². The highest BCUT2D eigenvalue weighted by molar-refractivity contribution is 14.1. The van der Waals surface area contributed by atoms with Gasteiger partial charge in [-0.3, -0.25) is 4.79 Å². The molecular weight excluding hydrogens is 724 g/mol. The van der Waals surface area contributed by atoms with Crippen LogP contribution in [0.15, 0.2) is 102 Å². The van der Waals surface area contributed by atoms with Crippen LogP contribution in [0.25, 0.3) is 22.2 Å². The number of halogens is 3. The second-order valence-corrected chi connectivity index (χ2v) is 11.1. The van der Waals surface area contributed by atoms with Gasteiger partial charge in [-0.25, -0.2) is 10.4 Å². The van der Waals surface area contributed by atoms with Crippen molar-refractivity contribution in [2.24, 2.45) is 5.10 Å². The molecule has 0 spiro atoms. The summed E-state index contributed by atoms with van der Waals surface area (Å²) < 4.78 is 8.10. The standard InChI is InChI=1S/C30H20ClI2N3O2/c31-25-12-6-4-10-20(25)18-38-29-21(14-22(32)15-26(29)33)17-34-36-30(37)24-16-28(19-8-2-1-3-9-19)35-27-13-7-5-11-23(24)27/h1-17H,18H2,(H,36,37)/b34-17-. The molecule has 0 saturated carbocycles. The van der Waals surface area contributed by atoms with Gasteiger partial charge in [0.15, 0.2) is 0 Å². The van der Waals surface area contributed by atoms with Crippen molar-refractivity contribution in [2.45, 2.75) is 6.61 Å². The maximum atomic E-state index is 13.3.